The largest absolute Gasteiger partial charge is 0.458 e. The van der Waals surface area contributed by atoms with Crippen LogP contribution in [0.25, 0.3) is 0 Å². The number of aliphatic hydroxyl groups is 3. The third-order valence-corrected chi connectivity index (χ3v) is 9.92. The van der Waals surface area contributed by atoms with Crippen molar-refractivity contribution in [3.63, 3.8) is 0 Å². The molecule has 28 heavy (non-hydrogen) atoms. The van der Waals surface area contributed by atoms with Crippen LogP contribution < -0.4 is 0 Å². The predicted octanol–water partition coefficient (Wildman–Crippen LogP) is 2.58. The lowest BCUT2D eigenvalue weighted by Gasteiger charge is -2.63. The number of carbonyl (C=O) groups is 1. The molecule has 0 radical (unpaired) electrons. The van der Waals surface area contributed by atoms with Crippen LogP contribution in [-0.2, 0) is 9.53 Å². The molecule has 0 unspecified atom stereocenters. The SMILES string of the molecule is C[C@]12CC[C@H](O)C[C@H]1CC[C@H]1[C@@H]2CC[C@]2(C)[C@@H](C3=CC(=O)OC3)[C@@H](O)C[C@]12O. The molecule has 4 aliphatic carbocycles. The first-order chi connectivity index (χ1) is 13.2. The van der Waals surface area contributed by atoms with E-state index >= 15 is 0 Å². The second-order valence-electron chi connectivity index (χ2n) is 10.9. The number of hydrogen-bond acceptors (Lipinski definition) is 5. The van der Waals surface area contributed by atoms with Crippen molar-refractivity contribution in [3.8, 4) is 0 Å². The van der Waals surface area contributed by atoms with E-state index in [0.29, 0.717) is 18.3 Å². The molecule has 5 aliphatic rings. The van der Waals surface area contributed by atoms with E-state index in [1.54, 1.807) is 0 Å². The van der Waals surface area contributed by atoms with Crippen molar-refractivity contribution in [3.05, 3.63) is 11.6 Å². The van der Waals surface area contributed by atoms with Crippen molar-refractivity contribution in [1.82, 2.24) is 0 Å². The van der Waals surface area contributed by atoms with Crippen molar-refractivity contribution < 1.29 is 24.9 Å². The number of fused-ring (bicyclic) bond motifs is 5. The second kappa shape index (κ2) is 6.05. The van der Waals surface area contributed by atoms with Gasteiger partial charge in [-0.05, 0) is 73.7 Å². The van der Waals surface area contributed by atoms with Crippen molar-refractivity contribution in [2.45, 2.75) is 83.0 Å². The molecular formula is C23H34O5. The molecule has 0 saturated heterocycles. The van der Waals surface area contributed by atoms with E-state index < -0.39 is 17.1 Å². The molecule has 0 bridgehead atoms. The summed E-state index contributed by atoms with van der Waals surface area (Å²) in [6.07, 6.45) is 7.87. The lowest BCUT2D eigenvalue weighted by Crippen LogP contribution is -2.62. The Morgan fingerprint density at radius 1 is 1.07 bits per heavy atom. The summed E-state index contributed by atoms with van der Waals surface area (Å²) in [5.74, 6) is 0.627. The summed E-state index contributed by atoms with van der Waals surface area (Å²) in [6.45, 7) is 4.77. The molecule has 5 heteroatoms. The summed E-state index contributed by atoms with van der Waals surface area (Å²) in [7, 11) is 0. The maximum absolute atomic E-state index is 12.1. The molecule has 0 aromatic heterocycles. The van der Waals surface area contributed by atoms with Crippen LogP contribution in [0.2, 0.25) is 0 Å². The number of aliphatic hydroxyl groups excluding tert-OH is 2. The van der Waals surface area contributed by atoms with E-state index in [1.165, 1.54) is 6.08 Å². The lowest BCUT2D eigenvalue weighted by molar-refractivity contribution is -0.208. The van der Waals surface area contributed by atoms with Crippen molar-refractivity contribution in [2.75, 3.05) is 6.61 Å². The third kappa shape index (κ3) is 2.33. The van der Waals surface area contributed by atoms with Gasteiger partial charge in [0.1, 0.15) is 6.61 Å². The molecule has 4 saturated carbocycles. The predicted molar refractivity (Wildman–Crippen MR) is 103 cm³/mol. The van der Waals surface area contributed by atoms with E-state index in [2.05, 4.69) is 13.8 Å². The third-order valence-electron chi connectivity index (χ3n) is 9.92. The topological polar surface area (TPSA) is 87.0 Å². The highest BCUT2D eigenvalue weighted by atomic mass is 16.5. The summed E-state index contributed by atoms with van der Waals surface area (Å²) in [5.41, 5.74) is -0.301. The Kier molecular flexibility index (Phi) is 4.12. The summed E-state index contributed by atoms with van der Waals surface area (Å²) in [4.78, 5) is 11.7. The first kappa shape index (κ1) is 19.1. The minimum Gasteiger partial charge on any atom is -0.458 e. The fourth-order valence-corrected chi connectivity index (χ4v) is 8.47. The molecule has 1 heterocycles. The van der Waals surface area contributed by atoms with Gasteiger partial charge in [0.25, 0.3) is 0 Å². The Bertz CT molecular complexity index is 718. The fraction of sp³-hybridized carbons (Fsp3) is 0.870. The van der Waals surface area contributed by atoms with Crippen LogP contribution in [0.15, 0.2) is 11.6 Å². The number of ether oxygens (including phenoxy) is 1. The lowest BCUT2D eigenvalue weighted by atomic mass is 9.43. The van der Waals surface area contributed by atoms with E-state index in [4.69, 9.17) is 4.74 Å². The van der Waals surface area contributed by atoms with Gasteiger partial charge in [-0.25, -0.2) is 4.79 Å². The van der Waals surface area contributed by atoms with Gasteiger partial charge in [-0.1, -0.05) is 13.8 Å². The quantitative estimate of drug-likeness (QED) is 0.599. The fourth-order valence-electron chi connectivity index (χ4n) is 8.47. The number of carbonyl (C=O) groups excluding carboxylic acids is 1. The standard InChI is InChI=1S/C23H34O5/c1-21-7-5-15(24)10-14(21)3-4-17-16(21)6-8-22(2)20(13-9-19(26)28-12-13)18(25)11-23(17,22)27/h9,14-18,20,24-25,27H,3-8,10-12H2,1-2H3/t14-,15+,16+,17+,18+,20+,21+,22-,23+/m1/s1. The summed E-state index contributed by atoms with van der Waals surface area (Å²) >= 11 is 0. The zero-order chi connectivity index (χ0) is 19.9. The Labute approximate surface area is 167 Å². The first-order valence-corrected chi connectivity index (χ1v) is 11.1. The maximum atomic E-state index is 12.1. The molecule has 0 aromatic carbocycles. The second-order valence-corrected chi connectivity index (χ2v) is 10.9. The molecular weight excluding hydrogens is 356 g/mol. The van der Waals surface area contributed by atoms with Gasteiger partial charge >= 0.3 is 5.97 Å². The van der Waals surface area contributed by atoms with Crippen LogP contribution in [0.1, 0.15) is 65.2 Å². The van der Waals surface area contributed by atoms with Gasteiger partial charge in [0.15, 0.2) is 0 Å². The van der Waals surface area contributed by atoms with Gasteiger partial charge in [-0.2, -0.15) is 0 Å². The number of hydrogen-bond donors (Lipinski definition) is 3. The summed E-state index contributed by atoms with van der Waals surface area (Å²) < 4.78 is 5.14. The summed E-state index contributed by atoms with van der Waals surface area (Å²) in [6, 6.07) is 0. The van der Waals surface area contributed by atoms with Crippen molar-refractivity contribution in [2.24, 2.45) is 34.5 Å². The highest BCUT2D eigenvalue weighted by molar-refractivity contribution is 5.85. The van der Waals surface area contributed by atoms with Crippen LogP contribution in [0.3, 0.4) is 0 Å². The van der Waals surface area contributed by atoms with E-state index in [0.717, 1.165) is 50.5 Å². The van der Waals surface area contributed by atoms with Crippen molar-refractivity contribution in [1.29, 1.82) is 0 Å². The van der Waals surface area contributed by atoms with E-state index in [1.807, 2.05) is 0 Å². The minimum atomic E-state index is -0.906. The highest BCUT2D eigenvalue weighted by Crippen LogP contribution is 2.69. The van der Waals surface area contributed by atoms with Crippen LogP contribution in [-0.4, -0.2) is 45.7 Å². The molecule has 9 atom stereocenters. The Balaban J connectivity index is 1.50. The number of esters is 1. The molecule has 0 amide bonds. The maximum Gasteiger partial charge on any atom is 0.331 e. The van der Waals surface area contributed by atoms with E-state index in [-0.39, 0.29) is 35.9 Å². The average Bonchev–Trinajstić information content (AvgIpc) is 3.13. The Morgan fingerprint density at radius 3 is 2.57 bits per heavy atom. The van der Waals surface area contributed by atoms with Gasteiger partial charge < -0.3 is 20.1 Å². The van der Waals surface area contributed by atoms with Crippen LogP contribution in [0, 0.1) is 34.5 Å². The smallest absolute Gasteiger partial charge is 0.331 e. The molecule has 0 spiro atoms. The Morgan fingerprint density at radius 2 is 1.86 bits per heavy atom. The monoisotopic (exact) mass is 390 g/mol. The minimum absolute atomic E-state index is 0.170. The van der Waals surface area contributed by atoms with Crippen LogP contribution >= 0.6 is 0 Å². The van der Waals surface area contributed by atoms with Crippen molar-refractivity contribution >= 4 is 5.97 Å². The molecule has 156 valence electrons. The molecule has 5 rings (SSSR count). The molecule has 0 aromatic rings. The average molecular weight is 391 g/mol. The van der Waals surface area contributed by atoms with Crippen LogP contribution in [0.4, 0.5) is 0 Å². The van der Waals surface area contributed by atoms with E-state index in [9.17, 15) is 20.1 Å². The van der Waals surface area contributed by atoms with Crippen LogP contribution in [0.5, 0.6) is 0 Å². The Hall–Kier alpha value is -0.910. The summed E-state index contributed by atoms with van der Waals surface area (Å²) in [5, 5.41) is 33.3. The molecule has 5 nitrogen and oxygen atoms in total. The van der Waals surface area contributed by atoms with Gasteiger partial charge in [0.05, 0.1) is 17.8 Å². The van der Waals surface area contributed by atoms with Gasteiger partial charge in [-0.3, -0.25) is 0 Å². The van der Waals surface area contributed by atoms with Gasteiger partial charge in [-0.15, -0.1) is 0 Å². The highest BCUT2D eigenvalue weighted by Gasteiger charge is 2.70. The number of cyclic esters (lactones) is 1. The molecule has 1 aliphatic heterocycles. The zero-order valence-electron chi connectivity index (χ0n) is 17.1. The first-order valence-electron chi connectivity index (χ1n) is 11.1. The van der Waals surface area contributed by atoms with Gasteiger partial charge in [0, 0.05) is 23.8 Å². The molecule has 4 fully saturated rings. The number of rotatable bonds is 1. The normalized spacial score (nSPS) is 55.8. The zero-order valence-corrected chi connectivity index (χ0v) is 17.1. The molecule has 3 N–H and O–H groups in total. The van der Waals surface area contributed by atoms with Gasteiger partial charge in [0.2, 0.25) is 0 Å².